The number of nitrogens with one attached hydrogen (secondary N) is 1. The lowest BCUT2D eigenvalue weighted by Crippen LogP contribution is -2.20. The zero-order chi connectivity index (χ0) is 13.0. The third kappa shape index (κ3) is 2.83. The summed E-state index contributed by atoms with van der Waals surface area (Å²) < 4.78 is 5.22. The summed E-state index contributed by atoms with van der Waals surface area (Å²) in [6, 6.07) is 10.2. The molecule has 18 heavy (non-hydrogen) atoms. The predicted molar refractivity (Wildman–Crippen MR) is 77.5 cm³/mol. The highest BCUT2D eigenvalue weighted by molar-refractivity contribution is 7.10. The molecule has 0 saturated heterocycles. The van der Waals surface area contributed by atoms with Crippen LogP contribution >= 0.6 is 11.3 Å². The van der Waals surface area contributed by atoms with E-state index in [0.29, 0.717) is 6.54 Å². The molecule has 0 saturated carbocycles. The Labute approximate surface area is 112 Å². The van der Waals surface area contributed by atoms with E-state index >= 15 is 0 Å². The summed E-state index contributed by atoms with van der Waals surface area (Å²) in [5, 5.41) is 5.55. The number of anilines is 1. The Morgan fingerprint density at radius 2 is 2.22 bits per heavy atom. The number of benzene rings is 1. The number of methoxy groups -OCH3 is 1. The van der Waals surface area contributed by atoms with Gasteiger partial charge in [0.15, 0.2) is 0 Å². The zero-order valence-corrected chi connectivity index (χ0v) is 11.5. The molecule has 0 bridgehead atoms. The monoisotopic (exact) mass is 262 g/mol. The average molecular weight is 262 g/mol. The van der Waals surface area contributed by atoms with Crippen LogP contribution in [0.15, 0.2) is 35.7 Å². The van der Waals surface area contributed by atoms with Crippen molar-refractivity contribution in [2.24, 2.45) is 5.73 Å². The Bertz CT molecular complexity index is 510. The molecule has 0 radical (unpaired) electrons. The first-order valence-corrected chi connectivity index (χ1v) is 6.77. The first-order chi connectivity index (χ1) is 8.74. The molecule has 1 aromatic carbocycles. The first-order valence-electron chi connectivity index (χ1n) is 5.89. The normalized spacial score (nSPS) is 12.2. The quantitative estimate of drug-likeness (QED) is 0.870. The molecular weight excluding hydrogens is 244 g/mol. The van der Waals surface area contributed by atoms with Crippen LogP contribution in [0.4, 0.5) is 5.69 Å². The molecule has 0 fully saturated rings. The van der Waals surface area contributed by atoms with Crippen molar-refractivity contribution in [3.05, 3.63) is 46.2 Å². The SMILES string of the molecule is COc1cccc(NC(CN)c2sccc2C)c1. The molecule has 1 aromatic heterocycles. The number of rotatable bonds is 5. The maximum Gasteiger partial charge on any atom is 0.120 e. The Balaban J connectivity index is 2.18. The predicted octanol–water partition coefficient (Wildman–Crippen LogP) is 3.18. The number of ether oxygens (including phenoxy) is 1. The zero-order valence-electron chi connectivity index (χ0n) is 10.6. The minimum atomic E-state index is 0.150. The van der Waals surface area contributed by atoms with Crippen LogP contribution in [0.3, 0.4) is 0 Å². The van der Waals surface area contributed by atoms with Crippen molar-refractivity contribution < 1.29 is 4.74 Å². The number of aryl methyl sites for hydroxylation is 1. The summed E-state index contributed by atoms with van der Waals surface area (Å²) >= 11 is 1.74. The van der Waals surface area contributed by atoms with Gasteiger partial charge in [-0.15, -0.1) is 11.3 Å². The second-order valence-corrected chi connectivity index (χ2v) is 5.08. The standard InChI is InChI=1S/C14H18N2OS/c1-10-6-7-18-14(10)13(9-15)16-11-4-3-5-12(8-11)17-2/h3-8,13,16H,9,15H2,1-2H3. The van der Waals surface area contributed by atoms with E-state index in [-0.39, 0.29) is 6.04 Å². The van der Waals surface area contributed by atoms with Crippen LogP contribution in [0.25, 0.3) is 0 Å². The summed E-state index contributed by atoms with van der Waals surface area (Å²) in [5.41, 5.74) is 8.17. The van der Waals surface area contributed by atoms with E-state index in [0.717, 1.165) is 11.4 Å². The second-order valence-electron chi connectivity index (χ2n) is 4.13. The fraction of sp³-hybridized carbons (Fsp3) is 0.286. The van der Waals surface area contributed by atoms with Gasteiger partial charge in [0.2, 0.25) is 0 Å². The van der Waals surface area contributed by atoms with Crippen molar-refractivity contribution >= 4 is 17.0 Å². The molecular formula is C14H18N2OS. The van der Waals surface area contributed by atoms with Gasteiger partial charge in [-0.2, -0.15) is 0 Å². The van der Waals surface area contributed by atoms with Gasteiger partial charge in [0.1, 0.15) is 5.75 Å². The van der Waals surface area contributed by atoms with Crippen LogP contribution in [0.5, 0.6) is 5.75 Å². The summed E-state index contributed by atoms with van der Waals surface area (Å²) in [4.78, 5) is 1.29. The van der Waals surface area contributed by atoms with E-state index in [9.17, 15) is 0 Å². The van der Waals surface area contributed by atoms with Crippen LogP contribution in [0.1, 0.15) is 16.5 Å². The van der Waals surface area contributed by atoms with Crippen LogP contribution in [-0.4, -0.2) is 13.7 Å². The molecule has 0 spiro atoms. The van der Waals surface area contributed by atoms with Gasteiger partial charge in [-0.1, -0.05) is 6.07 Å². The van der Waals surface area contributed by atoms with Crippen LogP contribution in [0, 0.1) is 6.92 Å². The fourth-order valence-electron chi connectivity index (χ4n) is 1.89. The first kappa shape index (κ1) is 12.9. The molecule has 3 nitrogen and oxygen atoms in total. The summed E-state index contributed by atoms with van der Waals surface area (Å²) in [7, 11) is 1.67. The van der Waals surface area contributed by atoms with Crippen molar-refractivity contribution in [3.8, 4) is 5.75 Å². The largest absolute Gasteiger partial charge is 0.497 e. The van der Waals surface area contributed by atoms with Gasteiger partial charge < -0.3 is 15.8 Å². The maximum atomic E-state index is 5.86. The molecule has 3 N–H and O–H groups in total. The number of hydrogen-bond acceptors (Lipinski definition) is 4. The van der Waals surface area contributed by atoms with E-state index < -0.39 is 0 Å². The Hall–Kier alpha value is -1.52. The fourth-order valence-corrected chi connectivity index (χ4v) is 2.88. The van der Waals surface area contributed by atoms with Crippen molar-refractivity contribution in [1.82, 2.24) is 0 Å². The van der Waals surface area contributed by atoms with Gasteiger partial charge in [0.25, 0.3) is 0 Å². The van der Waals surface area contributed by atoms with Gasteiger partial charge >= 0.3 is 0 Å². The van der Waals surface area contributed by atoms with E-state index in [2.05, 4.69) is 23.7 Å². The smallest absolute Gasteiger partial charge is 0.120 e. The van der Waals surface area contributed by atoms with E-state index in [1.807, 2.05) is 24.3 Å². The summed E-state index contributed by atoms with van der Waals surface area (Å²) in [6.07, 6.45) is 0. The van der Waals surface area contributed by atoms with Crippen molar-refractivity contribution in [1.29, 1.82) is 0 Å². The van der Waals surface area contributed by atoms with E-state index in [1.54, 1.807) is 18.4 Å². The molecule has 0 aliphatic heterocycles. The maximum absolute atomic E-state index is 5.86. The minimum absolute atomic E-state index is 0.150. The Kier molecular flexibility index (Phi) is 4.23. The molecule has 1 unspecified atom stereocenters. The number of hydrogen-bond donors (Lipinski definition) is 2. The van der Waals surface area contributed by atoms with Gasteiger partial charge in [0.05, 0.1) is 13.2 Å². The van der Waals surface area contributed by atoms with Gasteiger partial charge in [0, 0.05) is 23.2 Å². The lowest BCUT2D eigenvalue weighted by atomic mass is 10.1. The molecule has 4 heteroatoms. The van der Waals surface area contributed by atoms with Gasteiger partial charge in [-0.05, 0) is 36.1 Å². The molecule has 0 aliphatic carbocycles. The molecule has 2 rings (SSSR count). The highest BCUT2D eigenvalue weighted by Gasteiger charge is 2.13. The number of thiophene rings is 1. The minimum Gasteiger partial charge on any atom is -0.497 e. The Morgan fingerprint density at radius 1 is 1.39 bits per heavy atom. The van der Waals surface area contributed by atoms with Crippen molar-refractivity contribution in [2.75, 3.05) is 19.0 Å². The van der Waals surface area contributed by atoms with E-state index in [1.165, 1.54) is 10.4 Å². The average Bonchev–Trinajstić information content (AvgIpc) is 2.82. The molecule has 0 amide bonds. The summed E-state index contributed by atoms with van der Waals surface area (Å²) in [5.74, 6) is 0.846. The second kappa shape index (κ2) is 5.89. The third-order valence-electron chi connectivity index (χ3n) is 2.86. The summed E-state index contributed by atoms with van der Waals surface area (Å²) in [6.45, 7) is 2.68. The van der Waals surface area contributed by atoms with Gasteiger partial charge in [-0.25, -0.2) is 0 Å². The molecule has 1 heterocycles. The van der Waals surface area contributed by atoms with Crippen LogP contribution in [0.2, 0.25) is 0 Å². The molecule has 1 atom stereocenters. The highest BCUT2D eigenvalue weighted by atomic mass is 32.1. The highest BCUT2D eigenvalue weighted by Crippen LogP contribution is 2.27. The van der Waals surface area contributed by atoms with Crippen LogP contribution < -0.4 is 15.8 Å². The van der Waals surface area contributed by atoms with Gasteiger partial charge in [-0.3, -0.25) is 0 Å². The molecule has 2 aromatic rings. The molecule has 96 valence electrons. The Morgan fingerprint density at radius 3 is 2.83 bits per heavy atom. The lowest BCUT2D eigenvalue weighted by Gasteiger charge is -2.18. The van der Waals surface area contributed by atoms with Crippen LogP contribution in [-0.2, 0) is 0 Å². The topological polar surface area (TPSA) is 47.3 Å². The third-order valence-corrected chi connectivity index (χ3v) is 4.00. The lowest BCUT2D eigenvalue weighted by molar-refractivity contribution is 0.415. The van der Waals surface area contributed by atoms with Crippen molar-refractivity contribution in [3.63, 3.8) is 0 Å². The van der Waals surface area contributed by atoms with E-state index in [4.69, 9.17) is 10.5 Å². The van der Waals surface area contributed by atoms with Crippen molar-refractivity contribution in [2.45, 2.75) is 13.0 Å². The number of nitrogens with two attached hydrogens (primary N) is 1. The molecule has 0 aliphatic rings.